The molecule has 0 amide bonds. The minimum Gasteiger partial charge on any atom is -0.489 e. The first-order chi connectivity index (χ1) is 8.84. The Morgan fingerprint density at radius 3 is 2.00 bits per heavy atom. The summed E-state index contributed by atoms with van der Waals surface area (Å²) in [7, 11) is 2.50. The van der Waals surface area contributed by atoms with E-state index in [9.17, 15) is 14.4 Å². The van der Waals surface area contributed by atoms with Crippen LogP contribution in [0.4, 0.5) is 0 Å². The van der Waals surface area contributed by atoms with Crippen LogP contribution in [0.5, 0.6) is 0 Å². The van der Waals surface area contributed by atoms with Gasteiger partial charge < -0.3 is 14.6 Å². The minimum absolute atomic E-state index is 0.00236. The van der Waals surface area contributed by atoms with Crippen LogP contribution in [-0.4, -0.2) is 36.9 Å². The lowest BCUT2D eigenvalue weighted by atomic mass is 9.92. The average Bonchev–Trinajstić information content (AvgIpc) is 2.37. The topological polar surface area (TPSA) is 89.9 Å². The predicted molar refractivity (Wildman–Crippen MR) is 65.2 cm³/mol. The summed E-state index contributed by atoms with van der Waals surface area (Å²) in [5, 5.41) is 8.82. The van der Waals surface area contributed by atoms with E-state index in [1.54, 1.807) is 0 Å². The third-order valence-electron chi connectivity index (χ3n) is 2.71. The number of carbonyl (C=O) groups is 3. The highest BCUT2D eigenvalue weighted by molar-refractivity contribution is 6.24. The number of rotatable bonds is 4. The van der Waals surface area contributed by atoms with Crippen molar-refractivity contribution in [1.82, 2.24) is 0 Å². The van der Waals surface area contributed by atoms with E-state index >= 15 is 0 Å². The Kier molecular flexibility index (Phi) is 4.26. The molecule has 0 bridgehead atoms. The summed E-state index contributed by atoms with van der Waals surface area (Å²) in [5.41, 5.74) is 0.0811. The van der Waals surface area contributed by atoms with Crippen molar-refractivity contribution < 1.29 is 29.0 Å². The van der Waals surface area contributed by atoms with Crippen molar-refractivity contribution in [2.75, 3.05) is 14.2 Å². The number of methoxy groups -OCH3 is 2. The molecule has 0 aromatic heterocycles. The first-order valence-electron chi connectivity index (χ1n) is 5.39. The zero-order chi connectivity index (χ0) is 14.7. The van der Waals surface area contributed by atoms with Gasteiger partial charge in [0, 0.05) is 16.7 Å². The zero-order valence-electron chi connectivity index (χ0n) is 11.1. The lowest BCUT2D eigenvalue weighted by molar-refractivity contribution is -0.132. The Morgan fingerprint density at radius 1 is 1.11 bits per heavy atom. The highest BCUT2D eigenvalue weighted by Gasteiger charge is 2.34. The third kappa shape index (κ3) is 2.57. The van der Waals surface area contributed by atoms with Gasteiger partial charge in [-0.25, -0.2) is 4.79 Å². The second-order valence-electron chi connectivity index (χ2n) is 3.90. The van der Waals surface area contributed by atoms with Gasteiger partial charge in [0.05, 0.1) is 14.2 Å². The Bertz CT molecular complexity index is 547. The summed E-state index contributed by atoms with van der Waals surface area (Å²) in [6.45, 7) is 2.77. The van der Waals surface area contributed by atoms with Gasteiger partial charge in [-0.15, -0.1) is 0 Å². The van der Waals surface area contributed by atoms with Crippen molar-refractivity contribution in [3.8, 4) is 0 Å². The highest BCUT2D eigenvalue weighted by atomic mass is 16.5. The van der Waals surface area contributed by atoms with E-state index in [-0.39, 0.29) is 28.2 Å². The molecular weight excluding hydrogens is 252 g/mol. The standard InChI is InChI=1S/C13H14O6/c1-6(13(16)17)5-8-7(2)9(14)11(18-3)12(19-4)10(8)15/h5H,1-4H3,(H,16,17)/b6-5+. The molecule has 0 aliphatic heterocycles. The van der Waals surface area contributed by atoms with Gasteiger partial charge in [-0.3, -0.25) is 9.59 Å². The van der Waals surface area contributed by atoms with E-state index in [1.807, 2.05) is 0 Å². The van der Waals surface area contributed by atoms with Gasteiger partial charge >= 0.3 is 5.97 Å². The van der Waals surface area contributed by atoms with Crippen LogP contribution in [0.25, 0.3) is 0 Å². The fraction of sp³-hybridized carbons (Fsp3) is 0.308. The fourth-order valence-electron chi connectivity index (χ4n) is 1.61. The van der Waals surface area contributed by atoms with Gasteiger partial charge in [0.1, 0.15) is 0 Å². The van der Waals surface area contributed by atoms with Crippen LogP contribution >= 0.6 is 0 Å². The fourth-order valence-corrected chi connectivity index (χ4v) is 1.61. The van der Waals surface area contributed by atoms with Crippen molar-refractivity contribution >= 4 is 17.5 Å². The molecule has 0 spiro atoms. The largest absolute Gasteiger partial charge is 0.489 e. The summed E-state index contributed by atoms with van der Waals surface area (Å²) in [4.78, 5) is 34.9. The number of allylic oxidation sites excluding steroid dienone is 3. The smallest absolute Gasteiger partial charge is 0.331 e. The molecular formula is C13H14O6. The van der Waals surface area contributed by atoms with Crippen molar-refractivity contribution in [1.29, 1.82) is 0 Å². The Balaban J connectivity index is 3.40. The van der Waals surface area contributed by atoms with Crippen LogP contribution in [-0.2, 0) is 23.9 Å². The first-order valence-corrected chi connectivity index (χ1v) is 5.39. The second-order valence-corrected chi connectivity index (χ2v) is 3.90. The normalized spacial score (nSPS) is 16.9. The third-order valence-corrected chi connectivity index (χ3v) is 2.71. The molecule has 0 aromatic rings. The van der Waals surface area contributed by atoms with Gasteiger partial charge in [-0.2, -0.15) is 0 Å². The van der Waals surface area contributed by atoms with Crippen LogP contribution in [0.3, 0.4) is 0 Å². The van der Waals surface area contributed by atoms with Crippen LogP contribution in [0, 0.1) is 0 Å². The lowest BCUT2D eigenvalue weighted by Crippen LogP contribution is -2.24. The maximum absolute atomic E-state index is 12.1. The molecule has 19 heavy (non-hydrogen) atoms. The second kappa shape index (κ2) is 5.51. The van der Waals surface area contributed by atoms with E-state index in [4.69, 9.17) is 14.6 Å². The molecule has 0 unspecified atom stereocenters. The summed E-state index contributed by atoms with van der Waals surface area (Å²) in [6.07, 6.45) is 1.16. The lowest BCUT2D eigenvalue weighted by Gasteiger charge is -2.18. The monoisotopic (exact) mass is 266 g/mol. The molecule has 0 aromatic carbocycles. The summed E-state index contributed by atoms with van der Waals surface area (Å²) in [6, 6.07) is 0. The predicted octanol–water partition coefficient (Wildman–Crippen LogP) is 0.990. The van der Waals surface area contributed by atoms with Crippen molar-refractivity contribution in [3.05, 3.63) is 34.3 Å². The van der Waals surface area contributed by atoms with Gasteiger partial charge in [0.2, 0.25) is 23.1 Å². The van der Waals surface area contributed by atoms with Crippen molar-refractivity contribution in [2.24, 2.45) is 0 Å². The van der Waals surface area contributed by atoms with E-state index in [1.165, 1.54) is 28.1 Å². The van der Waals surface area contributed by atoms with E-state index in [0.717, 1.165) is 6.08 Å². The number of carboxylic acids is 1. The van der Waals surface area contributed by atoms with E-state index in [2.05, 4.69) is 0 Å². The molecule has 0 fully saturated rings. The number of Topliss-reactive ketones (excluding diaryl/α,β-unsaturated/α-hetero) is 2. The molecule has 1 rings (SSSR count). The van der Waals surface area contributed by atoms with Crippen molar-refractivity contribution in [2.45, 2.75) is 13.8 Å². The quantitative estimate of drug-likeness (QED) is 0.603. The molecule has 6 nitrogen and oxygen atoms in total. The molecule has 1 N–H and O–H groups in total. The van der Waals surface area contributed by atoms with Crippen LogP contribution in [0.15, 0.2) is 34.3 Å². The molecule has 1 aliphatic rings. The molecule has 102 valence electrons. The molecule has 0 radical (unpaired) electrons. The Labute approximate surface area is 110 Å². The van der Waals surface area contributed by atoms with Gasteiger partial charge in [0.15, 0.2) is 0 Å². The zero-order valence-corrected chi connectivity index (χ0v) is 11.1. The summed E-state index contributed by atoms with van der Waals surface area (Å²) < 4.78 is 9.73. The first kappa shape index (κ1) is 14.7. The molecule has 1 aliphatic carbocycles. The van der Waals surface area contributed by atoms with Gasteiger partial charge in [-0.05, 0) is 19.9 Å². The van der Waals surface area contributed by atoms with Gasteiger partial charge in [0.25, 0.3) is 0 Å². The average molecular weight is 266 g/mol. The number of ketones is 2. The number of carboxylic acid groups (broad SMARTS) is 1. The highest BCUT2D eigenvalue weighted by Crippen LogP contribution is 2.26. The van der Waals surface area contributed by atoms with E-state index in [0.29, 0.717) is 0 Å². The Morgan fingerprint density at radius 2 is 1.58 bits per heavy atom. The maximum atomic E-state index is 12.1. The Hall–Kier alpha value is -2.37. The number of carbonyl (C=O) groups excluding carboxylic acids is 2. The molecule has 0 heterocycles. The van der Waals surface area contributed by atoms with Crippen LogP contribution in [0.2, 0.25) is 0 Å². The SMILES string of the molecule is COC1=C(OC)C(=O)C(/C=C(\C)C(=O)O)=C(C)C1=O. The maximum Gasteiger partial charge on any atom is 0.331 e. The van der Waals surface area contributed by atoms with E-state index < -0.39 is 17.5 Å². The van der Waals surface area contributed by atoms with Crippen LogP contribution in [0.1, 0.15) is 13.8 Å². The van der Waals surface area contributed by atoms with Gasteiger partial charge in [-0.1, -0.05) is 0 Å². The number of ether oxygens (including phenoxy) is 2. The van der Waals surface area contributed by atoms with Crippen molar-refractivity contribution in [3.63, 3.8) is 0 Å². The molecule has 0 saturated heterocycles. The molecule has 0 saturated carbocycles. The van der Waals surface area contributed by atoms with Crippen LogP contribution < -0.4 is 0 Å². The number of aliphatic carboxylic acids is 1. The molecule has 6 heteroatoms. The molecule has 0 atom stereocenters. The number of hydrogen-bond acceptors (Lipinski definition) is 5. The summed E-state index contributed by atoms with van der Waals surface area (Å²) >= 11 is 0. The number of hydrogen-bond donors (Lipinski definition) is 1. The minimum atomic E-state index is -1.17. The summed E-state index contributed by atoms with van der Waals surface area (Å²) in [5.74, 6) is -2.63.